The number of benzene rings is 4. The standard InChI is InChI=1S/C26H19N2O/c29-28-24-19-11-10-18-23(24)25(27-22-16-8-3-9-17-22)26(28,20-12-4-1-5-13-20)21-14-6-2-7-15-21/h1-19H/q-1. The molecule has 0 aliphatic carbocycles. The van der Waals surface area contributed by atoms with Crippen molar-refractivity contribution in [3.05, 3.63) is 137 Å². The molecule has 0 bridgehead atoms. The van der Waals surface area contributed by atoms with Crippen LogP contribution in [0, 0.1) is 5.21 Å². The summed E-state index contributed by atoms with van der Waals surface area (Å²) in [6, 6.07) is 37.3. The summed E-state index contributed by atoms with van der Waals surface area (Å²) < 4.78 is 0. The predicted octanol–water partition coefficient (Wildman–Crippen LogP) is 6.07. The maximum absolute atomic E-state index is 14.0. The van der Waals surface area contributed by atoms with Crippen LogP contribution >= 0.6 is 0 Å². The fraction of sp³-hybridized carbons (Fsp3) is 0.0385. The van der Waals surface area contributed by atoms with E-state index < -0.39 is 5.54 Å². The van der Waals surface area contributed by atoms with Crippen molar-refractivity contribution in [2.24, 2.45) is 4.99 Å². The van der Waals surface area contributed by atoms with Gasteiger partial charge in [-0.05, 0) is 29.3 Å². The predicted molar refractivity (Wildman–Crippen MR) is 119 cm³/mol. The third kappa shape index (κ3) is 2.67. The Bertz CT molecular complexity index is 1120. The van der Waals surface area contributed by atoms with Crippen LogP contribution in [-0.4, -0.2) is 5.71 Å². The molecule has 1 aliphatic heterocycles. The van der Waals surface area contributed by atoms with Gasteiger partial charge in [-0.1, -0.05) is 97.1 Å². The van der Waals surface area contributed by atoms with Crippen LogP contribution in [0.3, 0.4) is 0 Å². The Balaban J connectivity index is 1.89. The Morgan fingerprint density at radius 3 is 1.66 bits per heavy atom. The van der Waals surface area contributed by atoms with Gasteiger partial charge in [0, 0.05) is 11.3 Å². The number of nitrogens with zero attached hydrogens (tertiary/aromatic N) is 2. The molecule has 0 saturated carbocycles. The molecular formula is C26H19N2O-. The summed E-state index contributed by atoms with van der Waals surface area (Å²) in [6.07, 6.45) is 0. The summed E-state index contributed by atoms with van der Waals surface area (Å²) in [5.41, 5.74) is 3.80. The van der Waals surface area contributed by atoms with E-state index in [0.29, 0.717) is 5.69 Å². The summed E-state index contributed by atoms with van der Waals surface area (Å²) in [7, 11) is 0. The van der Waals surface area contributed by atoms with Crippen molar-refractivity contribution in [2.45, 2.75) is 5.54 Å². The summed E-state index contributed by atoms with van der Waals surface area (Å²) in [5.74, 6) is 0. The van der Waals surface area contributed by atoms with E-state index >= 15 is 0 Å². The van der Waals surface area contributed by atoms with Crippen molar-refractivity contribution in [1.82, 2.24) is 0 Å². The summed E-state index contributed by atoms with van der Waals surface area (Å²) in [6.45, 7) is 0. The van der Waals surface area contributed by atoms with Crippen LogP contribution in [0.2, 0.25) is 0 Å². The van der Waals surface area contributed by atoms with Gasteiger partial charge in [0.05, 0.1) is 11.4 Å². The van der Waals surface area contributed by atoms with E-state index in [1.54, 1.807) is 0 Å². The van der Waals surface area contributed by atoms with Crippen molar-refractivity contribution >= 4 is 17.1 Å². The number of anilines is 1. The second-order valence-corrected chi connectivity index (χ2v) is 7.05. The van der Waals surface area contributed by atoms with Gasteiger partial charge in [0.2, 0.25) is 0 Å². The number of rotatable bonds is 3. The number of hydrogen-bond donors (Lipinski definition) is 0. The van der Waals surface area contributed by atoms with Crippen LogP contribution in [0.5, 0.6) is 0 Å². The molecule has 1 heterocycles. The van der Waals surface area contributed by atoms with Gasteiger partial charge in [-0.25, -0.2) is 4.99 Å². The van der Waals surface area contributed by atoms with E-state index in [1.807, 2.05) is 115 Å². The topological polar surface area (TPSA) is 38.7 Å². The van der Waals surface area contributed by atoms with E-state index in [0.717, 1.165) is 33.2 Å². The lowest BCUT2D eigenvalue weighted by Crippen LogP contribution is -2.46. The van der Waals surface area contributed by atoms with Crippen molar-refractivity contribution in [1.29, 1.82) is 0 Å². The molecule has 4 aromatic rings. The minimum Gasteiger partial charge on any atom is -0.757 e. The van der Waals surface area contributed by atoms with Crippen LogP contribution in [-0.2, 0) is 5.54 Å². The van der Waals surface area contributed by atoms with Crippen LogP contribution in [0.15, 0.2) is 120 Å². The van der Waals surface area contributed by atoms with Crippen molar-refractivity contribution in [3.8, 4) is 0 Å². The van der Waals surface area contributed by atoms with Gasteiger partial charge in [0.15, 0.2) is 0 Å². The molecular weight excluding hydrogens is 356 g/mol. The molecule has 3 heteroatoms. The SMILES string of the molecule is [O-]N1c2ccccc2C(=Nc2ccccc2)C1(c1ccccc1)c1ccccc1. The Morgan fingerprint density at radius 2 is 1.07 bits per heavy atom. The summed E-state index contributed by atoms with van der Waals surface area (Å²) in [5, 5.41) is 15.1. The first-order valence-electron chi connectivity index (χ1n) is 9.64. The smallest absolute Gasteiger partial charge is 0.124 e. The van der Waals surface area contributed by atoms with Crippen LogP contribution in [0.25, 0.3) is 0 Å². The van der Waals surface area contributed by atoms with E-state index in [2.05, 4.69) is 0 Å². The lowest BCUT2D eigenvalue weighted by molar-refractivity contribution is 0.712. The number of para-hydroxylation sites is 2. The van der Waals surface area contributed by atoms with Crippen molar-refractivity contribution < 1.29 is 0 Å². The van der Waals surface area contributed by atoms with E-state index in [4.69, 9.17) is 4.99 Å². The van der Waals surface area contributed by atoms with Gasteiger partial charge in [0.25, 0.3) is 0 Å². The number of aliphatic imine (C=N–C) groups is 1. The lowest BCUT2D eigenvalue weighted by Gasteiger charge is -2.46. The monoisotopic (exact) mass is 375 g/mol. The minimum absolute atomic E-state index is 0.634. The van der Waals surface area contributed by atoms with Gasteiger partial charge >= 0.3 is 0 Å². The summed E-state index contributed by atoms with van der Waals surface area (Å²) in [4.78, 5) is 5.03. The average molecular weight is 375 g/mol. The molecule has 1 aliphatic rings. The highest BCUT2D eigenvalue weighted by Crippen LogP contribution is 2.49. The molecule has 0 atom stereocenters. The molecule has 0 fully saturated rings. The van der Waals surface area contributed by atoms with Gasteiger partial charge in [0.1, 0.15) is 5.54 Å². The first-order chi connectivity index (χ1) is 14.3. The Labute approximate surface area is 170 Å². The van der Waals surface area contributed by atoms with Gasteiger partial charge < -0.3 is 10.3 Å². The van der Waals surface area contributed by atoms with E-state index in [1.165, 1.54) is 0 Å². The Hall–Kier alpha value is -3.69. The van der Waals surface area contributed by atoms with Gasteiger partial charge in [-0.2, -0.15) is 0 Å². The molecule has 0 saturated heterocycles. The van der Waals surface area contributed by atoms with E-state index in [9.17, 15) is 5.21 Å². The Morgan fingerprint density at radius 1 is 0.586 bits per heavy atom. The zero-order valence-electron chi connectivity index (χ0n) is 15.8. The molecule has 29 heavy (non-hydrogen) atoms. The molecule has 0 aromatic heterocycles. The quantitative estimate of drug-likeness (QED) is 0.436. The third-order valence-electron chi connectivity index (χ3n) is 5.41. The van der Waals surface area contributed by atoms with Crippen molar-refractivity contribution in [3.63, 3.8) is 0 Å². The second-order valence-electron chi connectivity index (χ2n) is 7.05. The zero-order valence-corrected chi connectivity index (χ0v) is 15.8. The molecule has 5 rings (SSSR count). The highest BCUT2D eigenvalue weighted by Gasteiger charge is 2.48. The van der Waals surface area contributed by atoms with Gasteiger partial charge in [-0.15, -0.1) is 0 Å². The molecule has 0 radical (unpaired) electrons. The highest BCUT2D eigenvalue weighted by molar-refractivity contribution is 6.20. The highest BCUT2D eigenvalue weighted by atomic mass is 16.5. The van der Waals surface area contributed by atoms with Crippen LogP contribution < -0.4 is 5.06 Å². The average Bonchev–Trinajstić information content (AvgIpc) is 3.05. The third-order valence-corrected chi connectivity index (χ3v) is 5.41. The molecule has 4 aromatic carbocycles. The Kier molecular flexibility index (Phi) is 4.23. The van der Waals surface area contributed by atoms with Crippen molar-refractivity contribution in [2.75, 3.05) is 5.06 Å². The first-order valence-corrected chi connectivity index (χ1v) is 9.64. The number of hydrogen-bond acceptors (Lipinski definition) is 3. The van der Waals surface area contributed by atoms with Crippen LogP contribution in [0.1, 0.15) is 16.7 Å². The lowest BCUT2D eigenvalue weighted by atomic mass is 9.78. The number of fused-ring (bicyclic) bond motifs is 1. The molecule has 3 nitrogen and oxygen atoms in total. The fourth-order valence-electron chi connectivity index (χ4n) is 4.13. The number of hydroxylamine groups is 1. The normalized spacial score (nSPS) is 16.0. The first kappa shape index (κ1) is 17.4. The van der Waals surface area contributed by atoms with E-state index in [-0.39, 0.29) is 0 Å². The second kappa shape index (κ2) is 7.04. The van der Waals surface area contributed by atoms with Gasteiger partial charge in [-0.3, -0.25) is 0 Å². The zero-order chi connectivity index (χ0) is 19.7. The summed E-state index contributed by atoms with van der Waals surface area (Å²) >= 11 is 0. The molecule has 0 spiro atoms. The maximum atomic E-state index is 14.0. The minimum atomic E-state index is -1.05. The molecule has 0 amide bonds. The molecule has 0 unspecified atom stereocenters. The molecule has 140 valence electrons. The fourth-order valence-corrected chi connectivity index (χ4v) is 4.13. The maximum Gasteiger partial charge on any atom is 0.124 e. The molecule has 0 N–H and O–H groups in total. The van der Waals surface area contributed by atoms with Crippen LogP contribution in [0.4, 0.5) is 11.4 Å². The largest absolute Gasteiger partial charge is 0.757 e.